The maximum Gasteiger partial charge on any atom is 0.528 e. The van der Waals surface area contributed by atoms with Gasteiger partial charge < -0.3 is 9.84 Å². The molecule has 1 aromatic rings. The van der Waals surface area contributed by atoms with Crippen molar-refractivity contribution in [3.8, 4) is 0 Å². The molecule has 0 aliphatic carbocycles. The number of allylic oxidation sites excluding steroid dienone is 1. The number of benzene rings is 1. The second kappa shape index (κ2) is 11.5. The molecular formula is C20H26N3O4+. The molecule has 0 radical (unpaired) electrons. The summed E-state index contributed by atoms with van der Waals surface area (Å²) in [7, 11) is 0. The van der Waals surface area contributed by atoms with Crippen molar-refractivity contribution < 1.29 is 19.4 Å². The minimum atomic E-state index is -0.923. The average Bonchev–Trinajstić information content (AvgIpc) is 2.65. The summed E-state index contributed by atoms with van der Waals surface area (Å²) in [5.41, 5.74) is 0.0195. The Morgan fingerprint density at radius 1 is 1.37 bits per heavy atom. The summed E-state index contributed by atoms with van der Waals surface area (Å²) in [6.07, 6.45) is 3.45. The Bertz CT molecular complexity index is 722. The molecule has 0 saturated carbocycles. The highest BCUT2D eigenvalue weighted by molar-refractivity contribution is 6.05. The number of aliphatic hydroxyl groups is 1. The summed E-state index contributed by atoms with van der Waals surface area (Å²) in [5.74, 6) is -2.13. The van der Waals surface area contributed by atoms with E-state index in [1.807, 2.05) is 13.0 Å². The summed E-state index contributed by atoms with van der Waals surface area (Å²) in [4.78, 5) is 29.3. The van der Waals surface area contributed by atoms with E-state index in [1.165, 1.54) is 0 Å². The maximum absolute atomic E-state index is 12.8. The summed E-state index contributed by atoms with van der Waals surface area (Å²) in [6.45, 7) is 7.24. The topological polar surface area (TPSA) is 95.0 Å². The first-order valence-corrected chi connectivity index (χ1v) is 8.85. The number of carbonyl (C=O) groups is 2. The number of amides is 2. The fourth-order valence-corrected chi connectivity index (χ4v) is 2.46. The lowest BCUT2D eigenvalue weighted by atomic mass is 10.0. The van der Waals surface area contributed by atoms with Crippen molar-refractivity contribution in [1.82, 2.24) is 4.90 Å². The number of ether oxygens (including phenoxy) is 1. The van der Waals surface area contributed by atoms with Gasteiger partial charge in [0, 0.05) is 6.42 Å². The average molecular weight is 372 g/mol. The second-order valence-electron chi connectivity index (χ2n) is 6.13. The normalized spacial score (nSPS) is 12.3. The van der Waals surface area contributed by atoms with Gasteiger partial charge in [-0.15, -0.1) is 6.58 Å². The molecule has 7 heteroatoms. The molecule has 1 rings (SSSR count). The quantitative estimate of drug-likeness (QED) is 0.288. The molecular weight excluding hydrogens is 346 g/mol. The van der Waals surface area contributed by atoms with E-state index in [2.05, 4.69) is 11.6 Å². The van der Waals surface area contributed by atoms with Crippen molar-refractivity contribution in [1.29, 1.82) is 5.39 Å². The molecule has 0 fully saturated rings. The van der Waals surface area contributed by atoms with Crippen LogP contribution < -0.4 is 0 Å². The number of hydrogen-bond acceptors (Lipinski definition) is 5. The molecule has 0 aliphatic rings. The number of carbonyl (C=O) groups excluding carboxylic acids is 2. The predicted octanol–water partition coefficient (Wildman–Crippen LogP) is 4.15. The first-order valence-electron chi connectivity index (χ1n) is 8.85. The first-order chi connectivity index (χ1) is 12.9. The fourth-order valence-electron chi connectivity index (χ4n) is 2.46. The van der Waals surface area contributed by atoms with Gasteiger partial charge in [-0.3, -0.25) is 14.5 Å². The molecule has 0 heterocycles. The predicted molar refractivity (Wildman–Crippen MR) is 102 cm³/mol. The summed E-state index contributed by atoms with van der Waals surface area (Å²) >= 11 is 0. The van der Waals surface area contributed by atoms with E-state index >= 15 is 0 Å². The third-order valence-electron chi connectivity index (χ3n) is 3.90. The zero-order chi connectivity index (χ0) is 20.2. The summed E-state index contributed by atoms with van der Waals surface area (Å²) < 4.78 is 4.84. The molecule has 27 heavy (non-hydrogen) atoms. The van der Waals surface area contributed by atoms with Crippen LogP contribution in [0.25, 0.3) is 4.98 Å². The lowest BCUT2D eigenvalue weighted by Crippen LogP contribution is -2.38. The molecule has 1 aromatic carbocycles. The van der Waals surface area contributed by atoms with Crippen LogP contribution >= 0.6 is 0 Å². The second-order valence-corrected chi connectivity index (χ2v) is 6.13. The highest BCUT2D eigenvalue weighted by Gasteiger charge is 2.38. The molecule has 1 unspecified atom stereocenters. The van der Waals surface area contributed by atoms with E-state index in [1.54, 1.807) is 37.3 Å². The minimum Gasteiger partial charge on any atom is -0.475 e. The van der Waals surface area contributed by atoms with Gasteiger partial charge in [0.25, 0.3) is 0 Å². The van der Waals surface area contributed by atoms with Gasteiger partial charge >= 0.3 is 17.5 Å². The Morgan fingerprint density at radius 2 is 2.04 bits per heavy atom. The van der Waals surface area contributed by atoms with E-state index in [-0.39, 0.29) is 25.5 Å². The van der Waals surface area contributed by atoms with E-state index in [0.717, 1.165) is 23.3 Å². The molecule has 0 aliphatic heterocycles. The zero-order valence-electron chi connectivity index (χ0n) is 15.8. The van der Waals surface area contributed by atoms with Crippen LogP contribution in [-0.4, -0.2) is 28.4 Å². The Hall–Kier alpha value is -3.14. The largest absolute Gasteiger partial charge is 0.528 e. The monoisotopic (exact) mass is 372 g/mol. The van der Waals surface area contributed by atoms with Crippen LogP contribution in [0.4, 0.5) is 0 Å². The smallest absolute Gasteiger partial charge is 0.475 e. The SMILES string of the molecule is C=CCCC(C)CC(=O)N(Cc1ccccc1)C(=O)/C([N+]#N)=C(\O)OCC. The van der Waals surface area contributed by atoms with E-state index in [9.17, 15) is 14.7 Å². The highest BCUT2D eigenvalue weighted by atomic mass is 16.6. The minimum absolute atomic E-state index is 0.00882. The lowest BCUT2D eigenvalue weighted by molar-refractivity contribution is -0.144. The van der Waals surface area contributed by atoms with Crippen molar-refractivity contribution in [2.75, 3.05) is 6.61 Å². The molecule has 0 spiro atoms. The van der Waals surface area contributed by atoms with Crippen molar-refractivity contribution in [2.24, 2.45) is 5.92 Å². The number of imide groups is 1. The Balaban J connectivity index is 3.11. The van der Waals surface area contributed by atoms with Crippen LogP contribution in [0, 0.1) is 11.3 Å². The van der Waals surface area contributed by atoms with Crippen LogP contribution in [0.2, 0.25) is 0 Å². The van der Waals surface area contributed by atoms with Crippen molar-refractivity contribution in [2.45, 2.75) is 39.7 Å². The number of rotatable bonds is 10. The Labute approximate surface area is 159 Å². The third-order valence-corrected chi connectivity index (χ3v) is 3.90. The van der Waals surface area contributed by atoms with Crippen LogP contribution in [0.1, 0.15) is 38.7 Å². The van der Waals surface area contributed by atoms with Gasteiger partial charge in [0.15, 0.2) is 4.98 Å². The van der Waals surface area contributed by atoms with Crippen LogP contribution in [-0.2, 0) is 20.9 Å². The molecule has 2 amide bonds. The summed E-state index contributed by atoms with van der Waals surface area (Å²) in [5, 5.41) is 19.0. The molecule has 0 saturated heterocycles. The van der Waals surface area contributed by atoms with Gasteiger partial charge in [0.1, 0.15) is 0 Å². The van der Waals surface area contributed by atoms with Crippen LogP contribution in [0.3, 0.4) is 0 Å². The van der Waals surface area contributed by atoms with Gasteiger partial charge in [-0.2, -0.15) is 0 Å². The van der Waals surface area contributed by atoms with Gasteiger partial charge in [-0.1, -0.05) is 43.3 Å². The highest BCUT2D eigenvalue weighted by Crippen LogP contribution is 2.18. The van der Waals surface area contributed by atoms with Gasteiger partial charge in [-0.05, 0) is 31.2 Å². The number of aliphatic hydroxyl groups excluding tert-OH is 1. The molecule has 1 atom stereocenters. The van der Waals surface area contributed by atoms with Crippen LogP contribution in [0.5, 0.6) is 0 Å². The van der Waals surface area contributed by atoms with E-state index in [0.29, 0.717) is 0 Å². The molecule has 0 bridgehead atoms. The first kappa shape index (κ1) is 21.9. The Kier molecular flexibility index (Phi) is 9.30. The molecule has 144 valence electrons. The van der Waals surface area contributed by atoms with Crippen molar-refractivity contribution in [3.63, 3.8) is 0 Å². The van der Waals surface area contributed by atoms with Gasteiger partial charge in [-0.25, -0.2) is 0 Å². The fraction of sp³-hybridized carbons (Fsp3) is 0.400. The van der Waals surface area contributed by atoms with Crippen molar-refractivity contribution >= 4 is 11.8 Å². The maximum atomic E-state index is 12.8. The van der Waals surface area contributed by atoms with Gasteiger partial charge in [0.05, 0.1) is 13.2 Å². The molecule has 7 nitrogen and oxygen atoms in total. The summed E-state index contributed by atoms with van der Waals surface area (Å²) in [6, 6.07) is 8.96. The van der Waals surface area contributed by atoms with Gasteiger partial charge in [0.2, 0.25) is 11.3 Å². The number of diazo groups is 1. The van der Waals surface area contributed by atoms with E-state index in [4.69, 9.17) is 10.1 Å². The Morgan fingerprint density at radius 3 is 2.59 bits per heavy atom. The molecule has 0 aromatic heterocycles. The van der Waals surface area contributed by atoms with Crippen molar-refractivity contribution in [3.05, 3.63) is 65.2 Å². The number of hydrogen-bond donors (Lipinski definition) is 1. The lowest BCUT2D eigenvalue weighted by Gasteiger charge is -2.20. The zero-order valence-corrected chi connectivity index (χ0v) is 15.8. The third kappa shape index (κ3) is 6.94. The number of nitrogens with zero attached hydrogens (tertiary/aromatic N) is 3. The molecule has 1 N–H and O–H groups in total. The standard InChI is InChI=1S/C20H25N3O4/c1-4-6-10-15(3)13-17(24)23(14-16-11-8-7-9-12-16)19(25)18(22-21)20(26)27-5-2/h4,7-9,11-12,15H,1,5-6,10,13-14H2,2-3H3/p+1. The van der Waals surface area contributed by atoms with E-state index < -0.39 is 23.5 Å². The van der Waals surface area contributed by atoms with Crippen LogP contribution in [0.15, 0.2) is 54.6 Å².